The number of hydrogen-bond donors (Lipinski definition) is 0. The number of anilines is 5. The zero-order valence-electron chi connectivity index (χ0n) is 23.2. The van der Waals surface area contributed by atoms with Gasteiger partial charge in [-0.2, -0.15) is 0 Å². The van der Waals surface area contributed by atoms with Gasteiger partial charge in [-0.1, -0.05) is 84.4 Å². The smallest absolute Gasteiger partial charge is 0.0464 e. The average Bonchev–Trinajstić information content (AvgIpc) is 3.00. The van der Waals surface area contributed by atoms with Gasteiger partial charge in [0.15, 0.2) is 0 Å². The molecular weight excluding hydrogens is 484 g/mol. The lowest BCUT2D eigenvalue weighted by Gasteiger charge is -2.28. The van der Waals surface area contributed by atoms with E-state index in [1.807, 2.05) is 0 Å². The van der Waals surface area contributed by atoms with Gasteiger partial charge in [0, 0.05) is 34.1 Å². The van der Waals surface area contributed by atoms with Crippen LogP contribution in [0, 0.1) is 6.92 Å². The minimum Gasteiger partial charge on any atom is -0.311 e. The molecule has 0 spiro atoms. The van der Waals surface area contributed by atoms with Gasteiger partial charge in [-0.05, 0) is 110 Å². The Hall–Kier alpha value is -4.82. The molecule has 0 aliphatic heterocycles. The summed E-state index contributed by atoms with van der Waals surface area (Å²) in [6.45, 7) is 4.36. The molecule has 0 saturated carbocycles. The monoisotopic (exact) mass is 518 g/mol. The zero-order valence-corrected chi connectivity index (χ0v) is 23.2. The van der Waals surface area contributed by atoms with E-state index < -0.39 is 0 Å². The fraction of sp³-hybridized carbons (Fsp3) is 0.105. The van der Waals surface area contributed by atoms with Crippen LogP contribution >= 0.6 is 0 Å². The average molecular weight is 519 g/mol. The minimum absolute atomic E-state index is 1.08. The summed E-state index contributed by atoms with van der Waals surface area (Å²) in [7, 11) is 0. The molecular formula is C38H34N2. The first-order valence-electron chi connectivity index (χ1n) is 14.0. The van der Waals surface area contributed by atoms with E-state index in [2.05, 4.69) is 169 Å². The van der Waals surface area contributed by atoms with Gasteiger partial charge in [0.05, 0.1) is 0 Å². The number of hydrogen-bond acceptors (Lipinski definition) is 2. The summed E-state index contributed by atoms with van der Waals surface area (Å²) >= 11 is 0. The third-order valence-corrected chi connectivity index (χ3v) is 7.42. The van der Waals surface area contributed by atoms with Crippen LogP contribution in [-0.2, 0) is 0 Å². The third-order valence-electron chi connectivity index (χ3n) is 7.42. The highest BCUT2D eigenvalue weighted by Crippen LogP contribution is 2.37. The summed E-state index contributed by atoms with van der Waals surface area (Å²) in [5.41, 5.74) is 12.1. The molecule has 5 aromatic rings. The van der Waals surface area contributed by atoms with Crippen LogP contribution in [0.25, 0.3) is 11.1 Å². The van der Waals surface area contributed by atoms with Gasteiger partial charge in [0.1, 0.15) is 0 Å². The van der Waals surface area contributed by atoms with Gasteiger partial charge in [0.25, 0.3) is 0 Å². The van der Waals surface area contributed by atoms with E-state index in [1.165, 1.54) is 39.3 Å². The Morgan fingerprint density at radius 1 is 0.475 bits per heavy atom. The largest absolute Gasteiger partial charge is 0.311 e. The SMILES string of the molecule is CC1=CC(N(c2ccccc2)c2ccc(-c3ccc(N(c4ccccc4)c4cccc(C)c4)cc3)cc2)=CCC1. The fourth-order valence-corrected chi connectivity index (χ4v) is 5.41. The Morgan fingerprint density at radius 3 is 1.52 bits per heavy atom. The topological polar surface area (TPSA) is 6.48 Å². The molecule has 0 heterocycles. The number of nitrogens with zero attached hydrogens (tertiary/aromatic N) is 2. The van der Waals surface area contributed by atoms with Crippen molar-refractivity contribution in [3.63, 3.8) is 0 Å². The summed E-state index contributed by atoms with van der Waals surface area (Å²) in [6, 6.07) is 47.7. The lowest BCUT2D eigenvalue weighted by Crippen LogP contribution is -2.16. The predicted octanol–water partition coefficient (Wildman–Crippen LogP) is 10.9. The summed E-state index contributed by atoms with van der Waals surface area (Å²) in [6.07, 6.45) is 6.87. The molecule has 2 nitrogen and oxygen atoms in total. The second kappa shape index (κ2) is 11.5. The van der Waals surface area contributed by atoms with Crippen molar-refractivity contribution < 1.29 is 0 Å². The molecule has 0 bridgehead atoms. The quantitative estimate of drug-likeness (QED) is 0.211. The molecule has 1 aliphatic carbocycles. The molecule has 0 fully saturated rings. The van der Waals surface area contributed by atoms with E-state index in [4.69, 9.17) is 0 Å². The molecule has 0 unspecified atom stereocenters. The summed E-state index contributed by atoms with van der Waals surface area (Å²) in [5, 5.41) is 0. The van der Waals surface area contributed by atoms with Crippen LogP contribution in [0.3, 0.4) is 0 Å². The highest BCUT2D eigenvalue weighted by Gasteiger charge is 2.16. The van der Waals surface area contributed by atoms with E-state index in [9.17, 15) is 0 Å². The Morgan fingerprint density at radius 2 is 0.975 bits per heavy atom. The molecule has 1 aliphatic rings. The fourth-order valence-electron chi connectivity index (χ4n) is 5.41. The van der Waals surface area contributed by atoms with Crippen molar-refractivity contribution in [1.82, 2.24) is 0 Å². The summed E-state index contributed by atoms with van der Waals surface area (Å²) in [4.78, 5) is 4.67. The molecule has 196 valence electrons. The number of benzene rings is 5. The van der Waals surface area contributed by atoms with Crippen LogP contribution in [0.15, 0.2) is 157 Å². The van der Waals surface area contributed by atoms with Gasteiger partial charge in [-0.15, -0.1) is 0 Å². The van der Waals surface area contributed by atoms with E-state index in [0.29, 0.717) is 0 Å². The van der Waals surface area contributed by atoms with Crippen LogP contribution in [0.2, 0.25) is 0 Å². The normalized spacial score (nSPS) is 12.8. The maximum atomic E-state index is 2.36. The van der Waals surface area contributed by atoms with Crippen LogP contribution in [0.1, 0.15) is 25.3 Å². The summed E-state index contributed by atoms with van der Waals surface area (Å²) < 4.78 is 0. The minimum atomic E-state index is 1.08. The van der Waals surface area contributed by atoms with E-state index in [1.54, 1.807) is 0 Å². The van der Waals surface area contributed by atoms with Gasteiger partial charge in [0.2, 0.25) is 0 Å². The van der Waals surface area contributed by atoms with Crippen molar-refractivity contribution in [2.45, 2.75) is 26.7 Å². The van der Waals surface area contributed by atoms with Gasteiger partial charge < -0.3 is 9.80 Å². The molecule has 0 aromatic heterocycles. The molecule has 0 saturated heterocycles. The first-order chi connectivity index (χ1) is 19.7. The lowest BCUT2D eigenvalue weighted by atomic mass is 10.0. The number of para-hydroxylation sites is 2. The maximum absolute atomic E-state index is 2.36. The molecule has 0 atom stereocenters. The zero-order chi connectivity index (χ0) is 27.3. The highest BCUT2D eigenvalue weighted by atomic mass is 15.1. The van der Waals surface area contributed by atoms with Gasteiger partial charge in [-0.3, -0.25) is 0 Å². The van der Waals surface area contributed by atoms with Crippen LogP contribution < -0.4 is 9.80 Å². The Balaban J connectivity index is 1.31. The molecule has 0 N–H and O–H groups in total. The van der Waals surface area contributed by atoms with Crippen LogP contribution in [-0.4, -0.2) is 0 Å². The second-order valence-electron chi connectivity index (χ2n) is 10.4. The Kier molecular flexibility index (Phi) is 7.32. The molecule has 0 amide bonds. The predicted molar refractivity (Wildman–Crippen MR) is 171 cm³/mol. The maximum Gasteiger partial charge on any atom is 0.0464 e. The lowest BCUT2D eigenvalue weighted by molar-refractivity contribution is 0.933. The molecule has 5 aromatic carbocycles. The van der Waals surface area contributed by atoms with Gasteiger partial charge in [-0.25, -0.2) is 0 Å². The van der Waals surface area contributed by atoms with Crippen molar-refractivity contribution in [3.05, 3.63) is 162 Å². The standard InChI is InChI=1S/C38H34N2/c1-29-11-9-17-37(27-29)39(33-13-5-3-6-14-33)35-23-19-31(20-24-35)32-21-25-36(26-22-32)40(34-15-7-4-8-16-34)38-18-10-12-30(2)28-38/h3-9,11,13-28H,10,12H2,1-2H3. The van der Waals surface area contributed by atoms with Crippen molar-refractivity contribution in [2.24, 2.45) is 0 Å². The van der Waals surface area contributed by atoms with E-state index in [0.717, 1.165) is 29.9 Å². The van der Waals surface area contributed by atoms with Crippen molar-refractivity contribution in [2.75, 3.05) is 9.80 Å². The number of aryl methyl sites for hydroxylation is 1. The molecule has 2 heteroatoms. The summed E-state index contributed by atoms with van der Waals surface area (Å²) in [5.74, 6) is 0. The van der Waals surface area contributed by atoms with E-state index >= 15 is 0 Å². The van der Waals surface area contributed by atoms with Crippen LogP contribution in [0.4, 0.5) is 28.4 Å². The van der Waals surface area contributed by atoms with Crippen molar-refractivity contribution in [1.29, 1.82) is 0 Å². The Labute approximate surface area is 238 Å². The second-order valence-corrected chi connectivity index (χ2v) is 10.4. The van der Waals surface area contributed by atoms with Crippen LogP contribution in [0.5, 0.6) is 0 Å². The number of allylic oxidation sites excluding steroid dienone is 3. The van der Waals surface area contributed by atoms with Crippen molar-refractivity contribution in [3.8, 4) is 11.1 Å². The number of rotatable bonds is 7. The first-order valence-corrected chi connectivity index (χ1v) is 14.0. The van der Waals surface area contributed by atoms with Crippen molar-refractivity contribution >= 4 is 28.4 Å². The molecule has 6 rings (SSSR count). The third kappa shape index (κ3) is 5.48. The van der Waals surface area contributed by atoms with Gasteiger partial charge >= 0.3 is 0 Å². The first kappa shape index (κ1) is 25.5. The highest BCUT2D eigenvalue weighted by molar-refractivity contribution is 5.79. The molecule has 0 radical (unpaired) electrons. The molecule has 40 heavy (non-hydrogen) atoms. The van der Waals surface area contributed by atoms with E-state index in [-0.39, 0.29) is 0 Å². The Bertz CT molecular complexity index is 1630.